The quantitative estimate of drug-likeness (QED) is 0.937. The van der Waals surface area contributed by atoms with E-state index in [0.717, 1.165) is 19.4 Å². The summed E-state index contributed by atoms with van der Waals surface area (Å²) in [5.74, 6) is 0.560. The van der Waals surface area contributed by atoms with E-state index < -0.39 is 6.10 Å². The number of aliphatic hydroxyl groups is 1. The van der Waals surface area contributed by atoms with Gasteiger partial charge in [0.2, 0.25) is 0 Å². The number of hydrogen-bond donors (Lipinski definition) is 1. The third-order valence-electron chi connectivity index (χ3n) is 3.93. The van der Waals surface area contributed by atoms with Crippen LogP contribution in [0.3, 0.4) is 0 Å². The number of amides is 1. The van der Waals surface area contributed by atoms with Crippen molar-refractivity contribution in [3.05, 3.63) is 54.2 Å². The summed E-state index contributed by atoms with van der Waals surface area (Å²) in [7, 11) is 0. The summed E-state index contributed by atoms with van der Waals surface area (Å²) >= 11 is 0. The first-order chi connectivity index (χ1) is 10.3. The first-order valence-electron chi connectivity index (χ1n) is 7.18. The van der Waals surface area contributed by atoms with Crippen molar-refractivity contribution in [1.29, 1.82) is 0 Å². The Bertz CT molecular complexity index is 583. The van der Waals surface area contributed by atoms with Crippen molar-refractivity contribution < 1.29 is 14.3 Å². The maximum atomic E-state index is 12.5. The summed E-state index contributed by atoms with van der Waals surface area (Å²) in [5.41, 5.74) is 0.643. The van der Waals surface area contributed by atoms with Crippen LogP contribution in [0.15, 0.2) is 47.3 Å². The predicted molar refractivity (Wildman–Crippen MR) is 76.6 cm³/mol. The van der Waals surface area contributed by atoms with Crippen molar-refractivity contribution >= 4 is 5.91 Å². The molecule has 2 unspecified atom stereocenters. The van der Waals surface area contributed by atoms with Gasteiger partial charge in [0.1, 0.15) is 11.9 Å². The highest BCUT2D eigenvalue weighted by molar-refractivity contribution is 5.94. The van der Waals surface area contributed by atoms with E-state index >= 15 is 0 Å². The second-order valence-corrected chi connectivity index (χ2v) is 5.30. The summed E-state index contributed by atoms with van der Waals surface area (Å²) in [4.78, 5) is 18.3. The Labute approximate surface area is 123 Å². The molecule has 0 aromatic carbocycles. The van der Waals surface area contributed by atoms with Crippen molar-refractivity contribution in [1.82, 2.24) is 9.88 Å². The molecule has 5 heteroatoms. The van der Waals surface area contributed by atoms with Gasteiger partial charge in [0.25, 0.3) is 5.91 Å². The monoisotopic (exact) mass is 286 g/mol. The number of furan rings is 1. The predicted octanol–water partition coefficient (Wildman–Crippen LogP) is 2.40. The average molecular weight is 286 g/mol. The van der Waals surface area contributed by atoms with Gasteiger partial charge in [-0.1, -0.05) is 0 Å². The number of rotatable bonds is 4. The van der Waals surface area contributed by atoms with Gasteiger partial charge >= 0.3 is 0 Å². The van der Waals surface area contributed by atoms with Crippen molar-refractivity contribution in [3.63, 3.8) is 0 Å². The van der Waals surface area contributed by atoms with Crippen LogP contribution < -0.4 is 0 Å². The molecule has 1 saturated heterocycles. The van der Waals surface area contributed by atoms with Gasteiger partial charge < -0.3 is 14.4 Å². The van der Waals surface area contributed by atoms with Gasteiger partial charge in [0, 0.05) is 37.0 Å². The van der Waals surface area contributed by atoms with Crippen LogP contribution in [0.5, 0.6) is 0 Å². The van der Waals surface area contributed by atoms with Gasteiger partial charge in [-0.15, -0.1) is 0 Å². The minimum Gasteiger partial charge on any atom is -0.467 e. The van der Waals surface area contributed by atoms with Crippen molar-refractivity contribution in [3.8, 4) is 0 Å². The van der Waals surface area contributed by atoms with E-state index in [1.54, 1.807) is 42.9 Å². The van der Waals surface area contributed by atoms with Crippen LogP contribution in [0.25, 0.3) is 0 Å². The molecule has 1 N–H and O–H groups in total. The summed E-state index contributed by atoms with van der Waals surface area (Å²) in [6.45, 7) is 0.733. The maximum absolute atomic E-state index is 12.5. The van der Waals surface area contributed by atoms with E-state index in [1.807, 2.05) is 4.90 Å². The number of aliphatic hydroxyl groups excluding tert-OH is 1. The van der Waals surface area contributed by atoms with E-state index in [9.17, 15) is 9.90 Å². The molecule has 2 aromatic rings. The number of aromatic nitrogens is 1. The standard InChI is InChI=1S/C16H18N2O3/c19-14(15-4-2-10-21-15)11-13-3-1-9-18(13)16(20)12-5-7-17-8-6-12/h2,4-8,10,13-14,19H,1,3,9,11H2. The molecule has 0 radical (unpaired) electrons. The fourth-order valence-electron chi connectivity index (χ4n) is 2.86. The second-order valence-electron chi connectivity index (χ2n) is 5.30. The van der Waals surface area contributed by atoms with Crippen LogP contribution in [0, 0.1) is 0 Å². The fourth-order valence-corrected chi connectivity index (χ4v) is 2.86. The van der Waals surface area contributed by atoms with E-state index in [-0.39, 0.29) is 11.9 Å². The van der Waals surface area contributed by atoms with Crippen molar-refractivity contribution in [2.45, 2.75) is 31.4 Å². The average Bonchev–Trinajstić information content (AvgIpc) is 3.19. The highest BCUT2D eigenvalue weighted by atomic mass is 16.4. The summed E-state index contributed by atoms with van der Waals surface area (Å²) in [6, 6.07) is 7.01. The number of pyridine rings is 1. The molecule has 1 amide bonds. The van der Waals surface area contributed by atoms with Crippen LogP contribution in [0.1, 0.15) is 41.5 Å². The molecule has 1 aliphatic heterocycles. The minimum absolute atomic E-state index is 0.00606. The second kappa shape index (κ2) is 6.10. The molecule has 2 aromatic heterocycles. The molecule has 110 valence electrons. The molecule has 1 fully saturated rings. The topological polar surface area (TPSA) is 66.6 Å². The van der Waals surface area contributed by atoms with Gasteiger partial charge in [0.15, 0.2) is 0 Å². The first kappa shape index (κ1) is 13.8. The molecular formula is C16H18N2O3. The fraction of sp³-hybridized carbons (Fsp3) is 0.375. The van der Waals surface area contributed by atoms with Crippen LogP contribution in [-0.2, 0) is 0 Å². The zero-order valence-corrected chi connectivity index (χ0v) is 11.7. The van der Waals surface area contributed by atoms with Crippen LogP contribution in [0.4, 0.5) is 0 Å². The van der Waals surface area contributed by atoms with Gasteiger partial charge in [-0.3, -0.25) is 9.78 Å². The first-order valence-corrected chi connectivity index (χ1v) is 7.18. The smallest absolute Gasteiger partial charge is 0.254 e. The summed E-state index contributed by atoms with van der Waals surface area (Å²) in [5, 5.41) is 10.2. The largest absolute Gasteiger partial charge is 0.467 e. The Morgan fingerprint density at radius 1 is 1.43 bits per heavy atom. The van der Waals surface area contributed by atoms with Gasteiger partial charge in [-0.05, 0) is 37.1 Å². The lowest BCUT2D eigenvalue weighted by Gasteiger charge is -2.26. The molecule has 0 saturated carbocycles. The number of hydrogen-bond acceptors (Lipinski definition) is 4. The molecule has 0 spiro atoms. The summed E-state index contributed by atoms with van der Waals surface area (Å²) < 4.78 is 5.22. The number of carbonyl (C=O) groups is 1. The van der Waals surface area contributed by atoms with E-state index in [1.165, 1.54) is 0 Å². The lowest BCUT2D eigenvalue weighted by Crippen LogP contribution is -2.36. The molecule has 5 nitrogen and oxygen atoms in total. The van der Waals surface area contributed by atoms with Crippen molar-refractivity contribution in [2.24, 2.45) is 0 Å². The molecule has 1 aliphatic rings. The molecule has 3 heterocycles. The number of likely N-dealkylation sites (tertiary alicyclic amines) is 1. The highest BCUT2D eigenvalue weighted by Crippen LogP contribution is 2.28. The number of nitrogens with zero attached hydrogens (tertiary/aromatic N) is 2. The zero-order valence-electron chi connectivity index (χ0n) is 11.7. The SMILES string of the molecule is O=C(c1ccncc1)N1CCCC1CC(O)c1ccco1. The highest BCUT2D eigenvalue weighted by Gasteiger charge is 2.31. The van der Waals surface area contributed by atoms with Crippen molar-refractivity contribution in [2.75, 3.05) is 6.54 Å². The summed E-state index contributed by atoms with van der Waals surface area (Å²) in [6.07, 6.45) is 6.50. The Kier molecular flexibility index (Phi) is 4.01. The Morgan fingerprint density at radius 2 is 2.24 bits per heavy atom. The molecular weight excluding hydrogens is 268 g/mol. The lowest BCUT2D eigenvalue weighted by molar-refractivity contribution is 0.0641. The maximum Gasteiger partial charge on any atom is 0.254 e. The van der Waals surface area contributed by atoms with Crippen LogP contribution >= 0.6 is 0 Å². The Balaban J connectivity index is 1.69. The normalized spacial score (nSPS) is 19.7. The van der Waals surface area contributed by atoms with E-state index in [4.69, 9.17) is 4.42 Å². The van der Waals surface area contributed by atoms with E-state index in [2.05, 4.69) is 4.98 Å². The molecule has 21 heavy (non-hydrogen) atoms. The van der Waals surface area contributed by atoms with Gasteiger partial charge in [-0.2, -0.15) is 0 Å². The minimum atomic E-state index is -0.671. The Hall–Kier alpha value is -2.14. The Morgan fingerprint density at radius 3 is 2.95 bits per heavy atom. The molecule has 0 aliphatic carbocycles. The lowest BCUT2D eigenvalue weighted by atomic mass is 10.0. The van der Waals surface area contributed by atoms with E-state index in [0.29, 0.717) is 17.7 Å². The number of carbonyl (C=O) groups excluding carboxylic acids is 1. The van der Waals surface area contributed by atoms with Gasteiger partial charge in [-0.25, -0.2) is 0 Å². The zero-order chi connectivity index (χ0) is 14.7. The molecule has 2 atom stereocenters. The van der Waals surface area contributed by atoms with Crippen LogP contribution in [-0.4, -0.2) is 33.5 Å². The van der Waals surface area contributed by atoms with Gasteiger partial charge in [0.05, 0.1) is 6.26 Å². The van der Waals surface area contributed by atoms with Crippen LogP contribution in [0.2, 0.25) is 0 Å². The third-order valence-corrected chi connectivity index (χ3v) is 3.93. The molecule has 3 rings (SSSR count). The third kappa shape index (κ3) is 2.97. The molecule has 0 bridgehead atoms.